The third-order valence-electron chi connectivity index (χ3n) is 1.80. The lowest BCUT2D eigenvalue weighted by Crippen LogP contribution is -2.09. The van der Waals surface area contributed by atoms with Crippen molar-refractivity contribution in [2.24, 2.45) is 0 Å². The molecule has 0 fully saturated rings. The second-order valence-corrected chi connectivity index (χ2v) is 3.67. The van der Waals surface area contributed by atoms with Crippen molar-refractivity contribution in [2.45, 2.75) is 39.7 Å². The van der Waals surface area contributed by atoms with E-state index in [4.69, 9.17) is 4.74 Å². The Hall–Kier alpha value is -1.32. The Morgan fingerprint density at radius 1 is 1.47 bits per heavy atom. The van der Waals surface area contributed by atoms with E-state index in [-0.39, 0.29) is 6.10 Å². The van der Waals surface area contributed by atoms with Crippen LogP contribution in [0.25, 0.3) is 0 Å². The van der Waals surface area contributed by atoms with Crippen LogP contribution in [0.3, 0.4) is 0 Å². The molecule has 1 rings (SSSR count). The maximum Gasteiger partial charge on any atom is 0.225 e. The average molecular weight is 209 g/mol. The molecule has 1 aromatic heterocycles. The monoisotopic (exact) mass is 209 g/mol. The Morgan fingerprint density at radius 2 is 2.27 bits per heavy atom. The van der Waals surface area contributed by atoms with Gasteiger partial charge >= 0.3 is 0 Å². The minimum absolute atomic E-state index is 0.142. The van der Waals surface area contributed by atoms with Gasteiger partial charge in [0.2, 0.25) is 11.8 Å². The van der Waals surface area contributed by atoms with Gasteiger partial charge in [-0.2, -0.15) is 4.98 Å². The standard InChI is InChI=1S/C11H19N3O/c1-4-5-7-12-11-13-8-6-10(14-11)15-9(2)3/h6,8-9H,4-5,7H2,1-3H3,(H,12,13,14). The summed E-state index contributed by atoms with van der Waals surface area (Å²) in [4.78, 5) is 8.36. The van der Waals surface area contributed by atoms with Gasteiger partial charge in [-0.05, 0) is 20.3 Å². The van der Waals surface area contributed by atoms with E-state index in [0.717, 1.165) is 19.4 Å². The van der Waals surface area contributed by atoms with E-state index < -0.39 is 0 Å². The Kier molecular flexibility index (Phi) is 4.87. The fraction of sp³-hybridized carbons (Fsp3) is 0.636. The van der Waals surface area contributed by atoms with Crippen LogP contribution in [0.15, 0.2) is 12.3 Å². The molecule has 4 nitrogen and oxygen atoms in total. The van der Waals surface area contributed by atoms with Crippen LogP contribution < -0.4 is 10.1 Å². The lowest BCUT2D eigenvalue weighted by Gasteiger charge is -2.09. The molecule has 1 aromatic rings. The Bertz CT molecular complexity index is 289. The van der Waals surface area contributed by atoms with Crippen molar-refractivity contribution in [1.82, 2.24) is 9.97 Å². The molecule has 84 valence electrons. The quantitative estimate of drug-likeness (QED) is 0.731. The van der Waals surface area contributed by atoms with Crippen LogP contribution in [0, 0.1) is 0 Å². The lowest BCUT2D eigenvalue weighted by molar-refractivity contribution is 0.232. The molecule has 0 aliphatic carbocycles. The molecular formula is C11H19N3O. The number of hydrogen-bond donors (Lipinski definition) is 1. The van der Waals surface area contributed by atoms with Crippen LogP contribution >= 0.6 is 0 Å². The molecule has 0 unspecified atom stereocenters. The van der Waals surface area contributed by atoms with Gasteiger partial charge in [0.05, 0.1) is 6.10 Å². The fourth-order valence-electron chi connectivity index (χ4n) is 1.11. The molecular weight excluding hydrogens is 190 g/mol. The highest BCUT2D eigenvalue weighted by molar-refractivity contribution is 5.27. The third kappa shape index (κ3) is 4.63. The first kappa shape index (κ1) is 11.8. The van der Waals surface area contributed by atoms with E-state index in [1.165, 1.54) is 0 Å². The number of hydrogen-bond acceptors (Lipinski definition) is 4. The zero-order valence-electron chi connectivity index (χ0n) is 9.66. The van der Waals surface area contributed by atoms with Gasteiger partial charge in [0.15, 0.2) is 0 Å². The minimum atomic E-state index is 0.142. The lowest BCUT2D eigenvalue weighted by atomic mass is 10.3. The smallest absolute Gasteiger partial charge is 0.225 e. The summed E-state index contributed by atoms with van der Waals surface area (Å²) in [6.07, 6.45) is 4.13. The molecule has 0 bridgehead atoms. The molecule has 4 heteroatoms. The van der Waals surface area contributed by atoms with E-state index in [2.05, 4.69) is 22.2 Å². The molecule has 0 saturated carbocycles. The average Bonchev–Trinajstić information content (AvgIpc) is 2.18. The molecule has 0 amide bonds. The van der Waals surface area contributed by atoms with Gasteiger partial charge in [-0.25, -0.2) is 4.98 Å². The first-order valence-electron chi connectivity index (χ1n) is 5.46. The molecule has 0 saturated heterocycles. The largest absolute Gasteiger partial charge is 0.475 e. The number of aromatic nitrogens is 2. The van der Waals surface area contributed by atoms with Crippen LogP contribution in [0.5, 0.6) is 5.88 Å². The summed E-state index contributed by atoms with van der Waals surface area (Å²) < 4.78 is 5.47. The van der Waals surface area contributed by atoms with Crippen molar-refractivity contribution < 1.29 is 4.74 Å². The zero-order chi connectivity index (χ0) is 11.1. The number of rotatable bonds is 6. The van der Waals surface area contributed by atoms with Gasteiger partial charge in [0, 0.05) is 18.8 Å². The summed E-state index contributed by atoms with van der Waals surface area (Å²) in [7, 11) is 0. The highest BCUT2D eigenvalue weighted by Gasteiger charge is 2.01. The molecule has 15 heavy (non-hydrogen) atoms. The van der Waals surface area contributed by atoms with Crippen LogP contribution in [0.2, 0.25) is 0 Å². The maximum absolute atomic E-state index is 5.47. The van der Waals surface area contributed by atoms with Crippen molar-refractivity contribution in [3.05, 3.63) is 12.3 Å². The predicted octanol–water partition coefficient (Wildman–Crippen LogP) is 2.48. The topological polar surface area (TPSA) is 47.0 Å². The van der Waals surface area contributed by atoms with E-state index in [1.54, 1.807) is 12.3 Å². The van der Waals surface area contributed by atoms with E-state index in [0.29, 0.717) is 11.8 Å². The van der Waals surface area contributed by atoms with Crippen LogP contribution in [-0.4, -0.2) is 22.6 Å². The maximum atomic E-state index is 5.47. The summed E-state index contributed by atoms with van der Waals surface area (Å²) in [5.74, 6) is 1.26. The van der Waals surface area contributed by atoms with Crippen molar-refractivity contribution in [3.8, 4) is 5.88 Å². The summed E-state index contributed by atoms with van der Waals surface area (Å²) in [5.41, 5.74) is 0. The van der Waals surface area contributed by atoms with Crippen LogP contribution in [0.1, 0.15) is 33.6 Å². The molecule has 1 N–H and O–H groups in total. The zero-order valence-corrected chi connectivity index (χ0v) is 9.66. The number of nitrogens with zero attached hydrogens (tertiary/aromatic N) is 2. The molecule has 0 aliphatic rings. The van der Waals surface area contributed by atoms with E-state index in [1.807, 2.05) is 13.8 Å². The first-order valence-corrected chi connectivity index (χ1v) is 5.46. The first-order chi connectivity index (χ1) is 7.22. The van der Waals surface area contributed by atoms with Crippen molar-refractivity contribution in [1.29, 1.82) is 0 Å². The fourth-order valence-corrected chi connectivity index (χ4v) is 1.11. The summed E-state index contributed by atoms with van der Waals surface area (Å²) in [6.45, 7) is 7.01. The molecule has 1 heterocycles. The van der Waals surface area contributed by atoms with Gasteiger partial charge in [-0.3, -0.25) is 0 Å². The van der Waals surface area contributed by atoms with E-state index >= 15 is 0 Å². The second kappa shape index (κ2) is 6.22. The van der Waals surface area contributed by atoms with Gasteiger partial charge in [-0.1, -0.05) is 13.3 Å². The van der Waals surface area contributed by atoms with Crippen LogP contribution in [0.4, 0.5) is 5.95 Å². The van der Waals surface area contributed by atoms with Crippen LogP contribution in [-0.2, 0) is 0 Å². The number of ether oxygens (including phenoxy) is 1. The normalized spacial score (nSPS) is 10.4. The summed E-state index contributed by atoms with van der Waals surface area (Å²) in [6, 6.07) is 1.77. The molecule has 0 aromatic carbocycles. The highest BCUT2D eigenvalue weighted by Crippen LogP contribution is 2.10. The predicted molar refractivity (Wildman–Crippen MR) is 61.2 cm³/mol. The number of nitrogens with one attached hydrogen (secondary N) is 1. The molecule has 0 atom stereocenters. The number of unbranched alkanes of at least 4 members (excludes halogenated alkanes) is 1. The minimum Gasteiger partial charge on any atom is -0.475 e. The summed E-state index contributed by atoms with van der Waals surface area (Å²) in [5, 5.41) is 3.16. The highest BCUT2D eigenvalue weighted by atomic mass is 16.5. The van der Waals surface area contributed by atoms with Crippen molar-refractivity contribution in [3.63, 3.8) is 0 Å². The SMILES string of the molecule is CCCCNc1nccc(OC(C)C)n1. The summed E-state index contributed by atoms with van der Waals surface area (Å²) >= 11 is 0. The van der Waals surface area contributed by atoms with E-state index in [9.17, 15) is 0 Å². The Labute approximate surface area is 91.1 Å². The van der Waals surface area contributed by atoms with Gasteiger partial charge in [0.1, 0.15) is 0 Å². The van der Waals surface area contributed by atoms with Gasteiger partial charge in [0.25, 0.3) is 0 Å². The van der Waals surface area contributed by atoms with Gasteiger partial charge < -0.3 is 10.1 Å². The number of anilines is 1. The molecule has 0 spiro atoms. The second-order valence-electron chi connectivity index (χ2n) is 3.67. The Balaban J connectivity index is 2.50. The third-order valence-corrected chi connectivity index (χ3v) is 1.80. The van der Waals surface area contributed by atoms with Gasteiger partial charge in [-0.15, -0.1) is 0 Å². The molecule has 0 radical (unpaired) electrons. The molecule has 0 aliphatic heterocycles. The Morgan fingerprint density at radius 3 is 2.93 bits per heavy atom. The van der Waals surface area contributed by atoms with Crippen molar-refractivity contribution >= 4 is 5.95 Å². The van der Waals surface area contributed by atoms with Crippen molar-refractivity contribution in [2.75, 3.05) is 11.9 Å².